The minimum Gasteiger partial charge on any atom is -0.355 e. The van der Waals surface area contributed by atoms with Gasteiger partial charge in [-0.3, -0.25) is 4.79 Å². The van der Waals surface area contributed by atoms with E-state index in [1.54, 1.807) is 6.20 Å². The van der Waals surface area contributed by atoms with Crippen LogP contribution in [0.5, 0.6) is 0 Å². The van der Waals surface area contributed by atoms with Crippen molar-refractivity contribution < 1.29 is 4.79 Å². The van der Waals surface area contributed by atoms with Gasteiger partial charge in [-0.15, -0.1) is 0 Å². The van der Waals surface area contributed by atoms with Gasteiger partial charge in [-0.1, -0.05) is 0 Å². The summed E-state index contributed by atoms with van der Waals surface area (Å²) in [5.41, 5.74) is 6.03. The number of carbonyl (C=O) groups is 1. The van der Waals surface area contributed by atoms with Crippen molar-refractivity contribution >= 4 is 17.4 Å². The molecule has 16 heavy (non-hydrogen) atoms. The topological polar surface area (TPSA) is 71.2 Å². The molecule has 2 heterocycles. The lowest BCUT2D eigenvalue weighted by molar-refractivity contribution is -0.114. The SMILES string of the molecule is NCC(=O)Nc1cccnc1N1CCCC1. The summed E-state index contributed by atoms with van der Waals surface area (Å²) in [4.78, 5) is 17.8. The molecule has 1 saturated heterocycles. The van der Waals surface area contributed by atoms with Crippen LogP contribution in [0.25, 0.3) is 0 Å². The van der Waals surface area contributed by atoms with E-state index >= 15 is 0 Å². The predicted molar refractivity (Wildman–Crippen MR) is 63.4 cm³/mol. The fourth-order valence-electron chi connectivity index (χ4n) is 1.88. The highest BCUT2D eigenvalue weighted by Crippen LogP contribution is 2.25. The molecule has 0 unspecified atom stereocenters. The Labute approximate surface area is 94.6 Å². The van der Waals surface area contributed by atoms with Gasteiger partial charge in [-0.05, 0) is 25.0 Å². The molecule has 86 valence electrons. The van der Waals surface area contributed by atoms with Gasteiger partial charge in [-0.2, -0.15) is 0 Å². The van der Waals surface area contributed by atoms with Crippen molar-refractivity contribution in [2.24, 2.45) is 5.73 Å². The zero-order chi connectivity index (χ0) is 11.4. The second-order valence-electron chi connectivity index (χ2n) is 3.82. The van der Waals surface area contributed by atoms with Crippen LogP contribution in [0.3, 0.4) is 0 Å². The first-order chi connectivity index (χ1) is 7.81. The Hall–Kier alpha value is -1.62. The number of nitrogens with two attached hydrogens (primary N) is 1. The molecule has 1 aliphatic rings. The predicted octanol–water partition coefficient (Wildman–Crippen LogP) is 0.579. The molecule has 0 atom stereocenters. The summed E-state index contributed by atoms with van der Waals surface area (Å²) in [6.07, 6.45) is 4.10. The lowest BCUT2D eigenvalue weighted by Gasteiger charge is -2.19. The van der Waals surface area contributed by atoms with Crippen LogP contribution in [0.1, 0.15) is 12.8 Å². The molecule has 1 aromatic rings. The van der Waals surface area contributed by atoms with Crippen LogP contribution in [0.4, 0.5) is 11.5 Å². The monoisotopic (exact) mass is 220 g/mol. The van der Waals surface area contributed by atoms with Gasteiger partial charge in [0.05, 0.1) is 12.2 Å². The maximum absolute atomic E-state index is 11.3. The van der Waals surface area contributed by atoms with E-state index in [-0.39, 0.29) is 12.5 Å². The summed E-state index contributed by atoms with van der Waals surface area (Å²) in [5.74, 6) is 0.662. The largest absolute Gasteiger partial charge is 0.355 e. The summed E-state index contributed by atoms with van der Waals surface area (Å²) in [6.45, 7) is 2.00. The number of pyridine rings is 1. The number of hydrogen-bond acceptors (Lipinski definition) is 4. The quantitative estimate of drug-likeness (QED) is 0.781. The first kappa shape index (κ1) is 10.9. The highest BCUT2D eigenvalue weighted by Gasteiger charge is 2.17. The van der Waals surface area contributed by atoms with E-state index in [0.29, 0.717) is 0 Å². The molecule has 0 bridgehead atoms. The second-order valence-corrected chi connectivity index (χ2v) is 3.82. The van der Waals surface area contributed by atoms with Crippen LogP contribution in [0.2, 0.25) is 0 Å². The Morgan fingerprint density at radius 3 is 2.94 bits per heavy atom. The molecule has 5 nitrogen and oxygen atoms in total. The van der Waals surface area contributed by atoms with E-state index in [4.69, 9.17) is 5.73 Å². The van der Waals surface area contributed by atoms with Gasteiger partial charge in [0.2, 0.25) is 5.91 Å². The van der Waals surface area contributed by atoms with Gasteiger partial charge >= 0.3 is 0 Å². The second kappa shape index (κ2) is 4.94. The average Bonchev–Trinajstić information content (AvgIpc) is 2.83. The summed E-state index contributed by atoms with van der Waals surface area (Å²) in [6, 6.07) is 3.67. The van der Waals surface area contributed by atoms with Crippen LogP contribution in [-0.2, 0) is 4.79 Å². The van der Waals surface area contributed by atoms with Crippen LogP contribution in [0.15, 0.2) is 18.3 Å². The zero-order valence-electron chi connectivity index (χ0n) is 9.15. The van der Waals surface area contributed by atoms with Crippen molar-refractivity contribution in [3.05, 3.63) is 18.3 Å². The van der Waals surface area contributed by atoms with E-state index in [0.717, 1.165) is 24.6 Å². The lowest BCUT2D eigenvalue weighted by Crippen LogP contribution is -2.25. The minimum atomic E-state index is -0.187. The van der Waals surface area contributed by atoms with Gasteiger partial charge in [0, 0.05) is 19.3 Å². The Kier molecular flexibility index (Phi) is 3.36. The number of anilines is 2. The van der Waals surface area contributed by atoms with Crippen molar-refractivity contribution in [3.63, 3.8) is 0 Å². The van der Waals surface area contributed by atoms with Gasteiger partial charge in [0.1, 0.15) is 0 Å². The van der Waals surface area contributed by atoms with E-state index < -0.39 is 0 Å². The number of aromatic nitrogens is 1. The molecule has 0 aromatic carbocycles. The molecule has 0 saturated carbocycles. The molecule has 5 heteroatoms. The standard InChI is InChI=1S/C11H16N4O/c12-8-10(16)14-9-4-3-5-13-11(9)15-6-1-2-7-15/h3-5H,1-2,6-8,12H2,(H,14,16). The maximum atomic E-state index is 11.3. The molecule has 0 radical (unpaired) electrons. The van der Waals surface area contributed by atoms with Crippen molar-refractivity contribution in [2.45, 2.75) is 12.8 Å². The lowest BCUT2D eigenvalue weighted by atomic mass is 10.3. The highest BCUT2D eigenvalue weighted by molar-refractivity contribution is 5.94. The fourth-order valence-corrected chi connectivity index (χ4v) is 1.88. The number of carbonyl (C=O) groups excluding carboxylic acids is 1. The van der Waals surface area contributed by atoms with Crippen molar-refractivity contribution in [1.29, 1.82) is 0 Å². The van der Waals surface area contributed by atoms with Crippen molar-refractivity contribution in [2.75, 3.05) is 29.9 Å². The fraction of sp³-hybridized carbons (Fsp3) is 0.455. The molecule has 2 rings (SSSR count). The smallest absolute Gasteiger partial charge is 0.238 e. The Bertz CT molecular complexity index is 374. The van der Waals surface area contributed by atoms with E-state index in [9.17, 15) is 4.79 Å². The summed E-state index contributed by atoms with van der Waals surface area (Å²) in [7, 11) is 0. The summed E-state index contributed by atoms with van der Waals surface area (Å²) >= 11 is 0. The van der Waals surface area contributed by atoms with E-state index in [1.807, 2.05) is 12.1 Å². The third-order valence-corrected chi connectivity index (χ3v) is 2.65. The first-order valence-electron chi connectivity index (χ1n) is 5.51. The van der Waals surface area contributed by atoms with Gasteiger partial charge < -0.3 is 16.0 Å². The Morgan fingerprint density at radius 1 is 1.50 bits per heavy atom. The van der Waals surface area contributed by atoms with Crippen LogP contribution in [-0.4, -0.2) is 30.5 Å². The molecule has 1 fully saturated rings. The van der Waals surface area contributed by atoms with Crippen LogP contribution < -0.4 is 16.0 Å². The summed E-state index contributed by atoms with van der Waals surface area (Å²) in [5, 5.41) is 2.77. The molecule has 0 aliphatic carbocycles. The number of nitrogens with one attached hydrogen (secondary N) is 1. The number of hydrogen-bond donors (Lipinski definition) is 2. The van der Waals surface area contributed by atoms with Crippen LogP contribution in [0, 0.1) is 0 Å². The molecular weight excluding hydrogens is 204 g/mol. The molecule has 1 aliphatic heterocycles. The highest BCUT2D eigenvalue weighted by atomic mass is 16.1. The Morgan fingerprint density at radius 2 is 2.25 bits per heavy atom. The van der Waals surface area contributed by atoms with Crippen molar-refractivity contribution in [1.82, 2.24) is 4.98 Å². The molecule has 1 amide bonds. The van der Waals surface area contributed by atoms with Gasteiger partial charge in [0.15, 0.2) is 5.82 Å². The molecule has 0 spiro atoms. The summed E-state index contributed by atoms with van der Waals surface area (Å²) < 4.78 is 0. The van der Waals surface area contributed by atoms with Crippen LogP contribution >= 0.6 is 0 Å². The normalized spacial score (nSPS) is 15.2. The third kappa shape index (κ3) is 2.30. The number of amides is 1. The number of nitrogens with zero attached hydrogens (tertiary/aromatic N) is 2. The van der Waals surface area contributed by atoms with E-state index in [2.05, 4.69) is 15.2 Å². The minimum absolute atomic E-state index is 0.00562. The Balaban J connectivity index is 2.19. The molecular formula is C11H16N4O. The maximum Gasteiger partial charge on any atom is 0.238 e. The first-order valence-corrected chi connectivity index (χ1v) is 5.51. The molecule has 1 aromatic heterocycles. The third-order valence-electron chi connectivity index (χ3n) is 2.65. The van der Waals surface area contributed by atoms with Gasteiger partial charge in [-0.25, -0.2) is 4.98 Å². The van der Waals surface area contributed by atoms with Gasteiger partial charge in [0.25, 0.3) is 0 Å². The number of rotatable bonds is 3. The van der Waals surface area contributed by atoms with Crippen molar-refractivity contribution in [3.8, 4) is 0 Å². The zero-order valence-corrected chi connectivity index (χ0v) is 9.15. The van der Waals surface area contributed by atoms with E-state index in [1.165, 1.54) is 12.8 Å². The average molecular weight is 220 g/mol. The molecule has 3 N–H and O–H groups in total.